The number of anilines is 2. The highest BCUT2D eigenvalue weighted by Gasteiger charge is 2.44. The van der Waals surface area contributed by atoms with E-state index in [9.17, 15) is 0 Å². The minimum absolute atomic E-state index is 0.159. The normalized spacial score (nSPS) is 17.0. The van der Waals surface area contributed by atoms with Crippen molar-refractivity contribution in [2.24, 2.45) is 0 Å². The van der Waals surface area contributed by atoms with Crippen molar-refractivity contribution in [3.63, 3.8) is 0 Å². The molecule has 14 rings (SSSR count). The fourth-order valence-corrected chi connectivity index (χ4v) is 12.3. The molecule has 10 aromatic rings. The molecule has 2 atom stereocenters. The van der Waals surface area contributed by atoms with Crippen LogP contribution in [0.5, 0.6) is 0 Å². The minimum atomic E-state index is 0.159. The van der Waals surface area contributed by atoms with Gasteiger partial charge in [0.25, 0.3) is 0 Å². The summed E-state index contributed by atoms with van der Waals surface area (Å²) in [5, 5.41) is 7.78. The third-order valence-electron chi connectivity index (χ3n) is 15.1. The first-order valence-corrected chi connectivity index (χ1v) is 22.9. The fourth-order valence-electron chi connectivity index (χ4n) is 12.3. The van der Waals surface area contributed by atoms with E-state index in [4.69, 9.17) is 9.97 Å². The second-order valence-electron chi connectivity index (χ2n) is 18.4. The van der Waals surface area contributed by atoms with E-state index >= 15 is 0 Å². The van der Waals surface area contributed by atoms with Gasteiger partial charge < -0.3 is 9.47 Å². The molecule has 64 heavy (non-hydrogen) atoms. The Bertz CT molecular complexity index is 3720. The van der Waals surface area contributed by atoms with Crippen molar-refractivity contribution >= 4 is 60.3 Å². The highest BCUT2D eigenvalue weighted by molar-refractivity contribution is 6.15. The standard InChI is InChI=1S/C60H44N4/c1-35-25-27-61-33-55(35)63-53-23-19-39(45-15-7-11-37-9-3-5-13-43(37)45)29-49(53)51-31-41-18-22-48-58-42(17-21-47(57(41)58)59(51)63)32-52-50-30-40(46-16-8-12-38-10-4-6-14-44(38)46)20-24-54(50)64(60(48)52)56-34-62-28-26-36(56)2/h3-16,19-20,23-34,49,53H,17-18,21-22H2,1-2H3. The molecule has 0 saturated heterocycles. The van der Waals surface area contributed by atoms with Crippen molar-refractivity contribution in [2.75, 3.05) is 4.90 Å². The van der Waals surface area contributed by atoms with Crippen LogP contribution < -0.4 is 4.90 Å². The summed E-state index contributed by atoms with van der Waals surface area (Å²) >= 11 is 0. The molecule has 0 bridgehead atoms. The summed E-state index contributed by atoms with van der Waals surface area (Å²) < 4.78 is 2.55. The maximum absolute atomic E-state index is 4.74. The quantitative estimate of drug-likeness (QED) is 0.177. The number of nitrogens with zero attached hydrogens (tertiary/aromatic N) is 4. The number of pyridine rings is 2. The summed E-state index contributed by atoms with van der Waals surface area (Å²) in [5.74, 6) is 0.215. The molecule has 0 radical (unpaired) electrons. The van der Waals surface area contributed by atoms with Crippen LogP contribution in [0.1, 0.15) is 50.4 Å². The monoisotopic (exact) mass is 820 g/mol. The summed E-state index contributed by atoms with van der Waals surface area (Å²) in [4.78, 5) is 12.1. The van der Waals surface area contributed by atoms with Gasteiger partial charge in [0.1, 0.15) is 0 Å². The first-order chi connectivity index (χ1) is 31.6. The molecule has 0 saturated carbocycles. The van der Waals surface area contributed by atoms with Gasteiger partial charge in [-0.05, 0) is 164 Å². The van der Waals surface area contributed by atoms with Gasteiger partial charge in [-0.15, -0.1) is 0 Å². The van der Waals surface area contributed by atoms with Crippen LogP contribution in [-0.2, 0) is 25.7 Å². The largest absolute Gasteiger partial charge is 0.332 e. The molecular weight excluding hydrogens is 777 g/mol. The molecule has 0 fully saturated rings. The van der Waals surface area contributed by atoms with Gasteiger partial charge in [-0.1, -0.05) is 115 Å². The highest BCUT2D eigenvalue weighted by Crippen LogP contribution is 2.58. The lowest BCUT2D eigenvalue weighted by Gasteiger charge is -2.35. The number of aryl methyl sites for hydroxylation is 5. The fraction of sp³-hybridized carbons (Fsp3) is 0.133. The van der Waals surface area contributed by atoms with E-state index in [1.165, 1.54) is 127 Å². The van der Waals surface area contributed by atoms with Crippen molar-refractivity contribution in [1.29, 1.82) is 0 Å². The molecule has 3 aliphatic carbocycles. The second-order valence-corrected chi connectivity index (χ2v) is 18.4. The zero-order valence-electron chi connectivity index (χ0n) is 35.9. The topological polar surface area (TPSA) is 34.0 Å². The van der Waals surface area contributed by atoms with Crippen molar-refractivity contribution in [2.45, 2.75) is 51.5 Å². The summed E-state index contributed by atoms with van der Waals surface area (Å²) in [7, 11) is 0. The lowest BCUT2D eigenvalue weighted by molar-refractivity contribution is 0.743. The third-order valence-corrected chi connectivity index (χ3v) is 15.1. The van der Waals surface area contributed by atoms with Crippen molar-refractivity contribution in [1.82, 2.24) is 14.5 Å². The van der Waals surface area contributed by atoms with Gasteiger partial charge in [0.15, 0.2) is 0 Å². The maximum Gasteiger partial charge on any atom is 0.0674 e. The van der Waals surface area contributed by atoms with E-state index in [0.717, 1.165) is 31.4 Å². The van der Waals surface area contributed by atoms with Crippen LogP contribution in [0, 0.1) is 13.8 Å². The molecule has 4 heterocycles. The van der Waals surface area contributed by atoms with E-state index in [0.29, 0.717) is 0 Å². The molecule has 1 aliphatic heterocycles. The molecular formula is C60H44N4. The first-order valence-electron chi connectivity index (χ1n) is 22.9. The van der Waals surface area contributed by atoms with Crippen LogP contribution in [0.2, 0.25) is 0 Å². The summed E-state index contributed by atoms with van der Waals surface area (Å²) in [6.45, 7) is 4.47. The van der Waals surface area contributed by atoms with Gasteiger partial charge in [0.2, 0.25) is 0 Å². The molecule has 0 spiro atoms. The van der Waals surface area contributed by atoms with Crippen LogP contribution in [-0.4, -0.2) is 20.6 Å². The summed E-state index contributed by atoms with van der Waals surface area (Å²) in [6.07, 6.45) is 19.5. The third kappa shape index (κ3) is 4.99. The molecule has 2 unspecified atom stereocenters. The Morgan fingerprint density at radius 2 is 1.22 bits per heavy atom. The Kier molecular flexibility index (Phi) is 7.57. The van der Waals surface area contributed by atoms with Crippen molar-refractivity contribution in [3.05, 3.63) is 215 Å². The predicted octanol–water partition coefficient (Wildman–Crippen LogP) is 14.3. The van der Waals surface area contributed by atoms with Gasteiger partial charge >= 0.3 is 0 Å². The zero-order valence-corrected chi connectivity index (χ0v) is 35.9. The number of rotatable bonds is 4. The van der Waals surface area contributed by atoms with Crippen LogP contribution >= 0.6 is 0 Å². The Labute approximate surface area is 372 Å². The predicted molar refractivity (Wildman–Crippen MR) is 265 cm³/mol. The molecule has 304 valence electrons. The van der Waals surface area contributed by atoms with Crippen LogP contribution in [0.15, 0.2) is 170 Å². The number of aromatic nitrogens is 3. The molecule has 0 N–H and O–H groups in total. The molecule has 3 aromatic heterocycles. The average Bonchev–Trinajstić information content (AvgIpc) is 3.84. The number of benzene rings is 7. The lowest BCUT2D eigenvalue weighted by atomic mass is 9.72. The molecule has 4 aliphatic rings. The van der Waals surface area contributed by atoms with Gasteiger partial charge in [-0.25, -0.2) is 0 Å². The van der Waals surface area contributed by atoms with E-state index in [1.807, 2.05) is 12.4 Å². The van der Waals surface area contributed by atoms with E-state index < -0.39 is 0 Å². The Morgan fingerprint density at radius 1 is 0.562 bits per heavy atom. The molecule has 0 amide bonds. The summed E-state index contributed by atoms with van der Waals surface area (Å²) in [5.41, 5.74) is 24.3. The van der Waals surface area contributed by atoms with Gasteiger partial charge in [-0.3, -0.25) is 9.97 Å². The second kappa shape index (κ2) is 13.5. The highest BCUT2D eigenvalue weighted by atomic mass is 15.2. The Balaban J connectivity index is 1.02. The van der Waals surface area contributed by atoms with Crippen molar-refractivity contribution in [3.8, 4) is 27.9 Å². The molecule has 7 aromatic carbocycles. The minimum Gasteiger partial charge on any atom is -0.332 e. The number of fused-ring (bicyclic) bond motifs is 10. The summed E-state index contributed by atoms with van der Waals surface area (Å²) in [6, 6.07) is 47.8. The van der Waals surface area contributed by atoms with Crippen molar-refractivity contribution < 1.29 is 0 Å². The molecule has 4 heteroatoms. The van der Waals surface area contributed by atoms with E-state index in [1.54, 1.807) is 0 Å². The first kappa shape index (κ1) is 36.0. The number of hydrogen-bond acceptors (Lipinski definition) is 3. The zero-order chi connectivity index (χ0) is 42.2. The van der Waals surface area contributed by atoms with E-state index in [-0.39, 0.29) is 12.0 Å². The smallest absolute Gasteiger partial charge is 0.0674 e. The van der Waals surface area contributed by atoms with Crippen LogP contribution in [0.3, 0.4) is 0 Å². The van der Waals surface area contributed by atoms with Gasteiger partial charge in [-0.2, -0.15) is 0 Å². The Morgan fingerprint density at radius 3 is 1.98 bits per heavy atom. The number of hydrogen-bond donors (Lipinski definition) is 0. The average molecular weight is 821 g/mol. The number of allylic oxidation sites excluding steroid dienone is 2. The van der Waals surface area contributed by atoms with Crippen LogP contribution in [0.4, 0.5) is 11.4 Å². The van der Waals surface area contributed by atoms with Gasteiger partial charge in [0.05, 0.1) is 40.8 Å². The van der Waals surface area contributed by atoms with Gasteiger partial charge in [0, 0.05) is 34.8 Å². The maximum atomic E-state index is 4.74. The van der Waals surface area contributed by atoms with E-state index in [2.05, 4.69) is 181 Å². The SMILES string of the molecule is Cc1ccncc1N1c2c(cc3c4c2CCc2cc5c6cc(-c7cccc8ccccc78)ccc6n(-c6cnccc6C)c5c(c2-4)CC3)C2C=C(c3cccc4ccccc34)C=CC21. The molecule has 4 nitrogen and oxygen atoms in total. The van der Waals surface area contributed by atoms with Crippen LogP contribution in [0.25, 0.3) is 76.9 Å². The lowest BCUT2D eigenvalue weighted by Crippen LogP contribution is -2.30. The Hall–Kier alpha value is -7.56.